The second kappa shape index (κ2) is 8.65. The van der Waals surface area contributed by atoms with Crippen molar-refractivity contribution in [3.63, 3.8) is 0 Å². The minimum Gasteiger partial charge on any atom is -0.350 e. The third-order valence-corrected chi connectivity index (χ3v) is 5.94. The van der Waals surface area contributed by atoms with Crippen molar-refractivity contribution in [3.05, 3.63) is 80.8 Å². The summed E-state index contributed by atoms with van der Waals surface area (Å²) in [6.07, 6.45) is 0. The molecule has 1 aromatic carbocycles. The van der Waals surface area contributed by atoms with E-state index in [-0.39, 0.29) is 18.0 Å². The monoisotopic (exact) mass is 434 g/mol. The highest BCUT2D eigenvalue weighted by Crippen LogP contribution is 2.27. The highest BCUT2D eigenvalue weighted by atomic mass is 32.1. The van der Waals surface area contributed by atoms with E-state index in [1.54, 1.807) is 22.1 Å². The summed E-state index contributed by atoms with van der Waals surface area (Å²) in [6.45, 7) is 5.90. The van der Waals surface area contributed by atoms with Gasteiger partial charge >= 0.3 is 0 Å². The van der Waals surface area contributed by atoms with Gasteiger partial charge in [0.1, 0.15) is 11.6 Å². The van der Waals surface area contributed by atoms with Crippen molar-refractivity contribution >= 4 is 17.2 Å². The second-order valence-electron chi connectivity index (χ2n) is 7.20. The lowest BCUT2D eigenvalue weighted by Crippen LogP contribution is -2.33. The number of nitrogens with one attached hydrogen (secondary N) is 1. The number of hydrogen-bond acceptors (Lipinski definition) is 6. The molecule has 0 fully saturated rings. The summed E-state index contributed by atoms with van der Waals surface area (Å²) in [7, 11) is 0. The van der Waals surface area contributed by atoms with Crippen LogP contribution < -0.4 is 10.9 Å². The fourth-order valence-corrected chi connectivity index (χ4v) is 4.20. The quantitative estimate of drug-likeness (QED) is 0.504. The molecule has 0 saturated carbocycles. The van der Waals surface area contributed by atoms with Crippen molar-refractivity contribution < 1.29 is 4.79 Å². The van der Waals surface area contributed by atoms with Crippen LogP contribution in [0, 0.1) is 20.8 Å². The molecular weight excluding hydrogens is 412 g/mol. The number of hydrogen-bond donors (Lipinski definition) is 1. The first-order chi connectivity index (χ1) is 14.9. The first-order valence-electron chi connectivity index (χ1n) is 9.81. The first kappa shape index (κ1) is 20.7. The number of aryl methyl sites for hydroxylation is 3. The van der Waals surface area contributed by atoms with Gasteiger partial charge in [-0.25, -0.2) is 14.3 Å². The summed E-state index contributed by atoms with van der Waals surface area (Å²) < 4.78 is 2.80. The first-order valence-corrected chi connectivity index (χ1v) is 10.6. The third-order valence-electron chi connectivity index (χ3n) is 4.73. The Kier molecular flexibility index (Phi) is 5.77. The molecule has 0 saturated heterocycles. The molecule has 3 aromatic heterocycles. The maximum Gasteiger partial charge on any atom is 0.267 e. The highest BCUT2D eigenvalue weighted by Gasteiger charge is 2.13. The Balaban J connectivity index is 1.45. The zero-order valence-electron chi connectivity index (χ0n) is 17.5. The number of rotatable bonds is 6. The molecule has 8 nitrogen and oxygen atoms in total. The predicted octanol–water partition coefficient (Wildman–Crippen LogP) is 2.79. The predicted molar refractivity (Wildman–Crippen MR) is 119 cm³/mol. The fraction of sp³-hybridized carbons (Fsp3) is 0.227. The van der Waals surface area contributed by atoms with Crippen molar-refractivity contribution in [2.75, 3.05) is 0 Å². The van der Waals surface area contributed by atoms with Crippen molar-refractivity contribution in [2.24, 2.45) is 0 Å². The van der Waals surface area contributed by atoms with E-state index in [0.717, 1.165) is 37.2 Å². The van der Waals surface area contributed by atoms with Gasteiger partial charge in [0.15, 0.2) is 5.82 Å². The molecule has 158 valence electrons. The Labute approximate surface area is 183 Å². The average molecular weight is 435 g/mol. The van der Waals surface area contributed by atoms with Crippen molar-refractivity contribution in [3.8, 4) is 16.4 Å². The third kappa shape index (κ3) is 4.61. The molecule has 0 spiro atoms. The zero-order chi connectivity index (χ0) is 22.0. The van der Waals surface area contributed by atoms with Crippen molar-refractivity contribution in [1.82, 2.24) is 29.9 Å². The van der Waals surface area contributed by atoms with Gasteiger partial charge in [-0.1, -0.05) is 30.3 Å². The van der Waals surface area contributed by atoms with Crippen LogP contribution >= 0.6 is 11.3 Å². The van der Waals surface area contributed by atoms with E-state index < -0.39 is 0 Å². The molecule has 0 aliphatic heterocycles. The van der Waals surface area contributed by atoms with Gasteiger partial charge in [-0.3, -0.25) is 9.59 Å². The molecule has 4 rings (SSSR count). The number of amides is 1. The maximum atomic E-state index is 12.5. The SMILES string of the molecule is Cc1cc(C)n(-c2ccc(=O)n(CC(=O)NCc3sc(-c4ccccc4)nc3C)n2)n1. The van der Waals surface area contributed by atoms with Crippen LogP contribution in [0.2, 0.25) is 0 Å². The molecule has 0 bridgehead atoms. The van der Waals surface area contributed by atoms with Crippen LogP contribution in [0.25, 0.3) is 16.4 Å². The van der Waals surface area contributed by atoms with Gasteiger partial charge in [-0.05, 0) is 32.9 Å². The smallest absolute Gasteiger partial charge is 0.267 e. The van der Waals surface area contributed by atoms with Gasteiger partial charge in [0.2, 0.25) is 5.91 Å². The van der Waals surface area contributed by atoms with Gasteiger partial charge in [-0.2, -0.15) is 5.10 Å². The molecule has 0 aliphatic carbocycles. The van der Waals surface area contributed by atoms with E-state index in [9.17, 15) is 9.59 Å². The Morgan fingerprint density at radius 1 is 1.06 bits per heavy atom. The number of benzene rings is 1. The lowest BCUT2D eigenvalue weighted by molar-refractivity contribution is -0.122. The molecule has 0 aliphatic rings. The normalized spacial score (nSPS) is 10.9. The van der Waals surface area contributed by atoms with Gasteiger partial charge < -0.3 is 5.32 Å². The topological polar surface area (TPSA) is 94.7 Å². The largest absolute Gasteiger partial charge is 0.350 e. The summed E-state index contributed by atoms with van der Waals surface area (Å²) in [5.74, 6) is 0.193. The molecule has 0 unspecified atom stereocenters. The Bertz CT molecular complexity index is 1290. The summed E-state index contributed by atoms with van der Waals surface area (Å²) in [6, 6.07) is 14.8. The van der Waals surface area contributed by atoms with Crippen molar-refractivity contribution in [1.29, 1.82) is 0 Å². The minimum absolute atomic E-state index is 0.171. The van der Waals surface area contributed by atoms with Crippen LogP contribution in [-0.2, 0) is 17.9 Å². The number of carbonyl (C=O) groups is 1. The lowest BCUT2D eigenvalue weighted by atomic mass is 10.2. The summed E-state index contributed by atoms with van der Waals surface area (Å²) in [4.78, 5) is 30.3. The molecule has 9 heteroatoms. The Hall–Kier alpha value is -3.59. The molecule has 0 radical (unpaired) electrons. The molecule has 0 atom stereocenters. The zero-order valence-corrected chi connectivity index (χ0v) is 18.3. The molecule has 31 heavy (non-hydrogen) atoms. The highest BCUT2D eigenvalue weighted by molar-refractivity contribution is 7.15. The van der Waals surface area contributed by atoms with Crippen LogP contribution in [-0.4, -0.2) is 30.5 Å². The molecule has 4 aromatic rings. The standard InChI is InChI=1S/C22H22N6O2S/c1-14-11-15(2)28(25-14)19-9-10-21(30)27(26-19)13-20(29)23-12-18-16(3)24-22(31-18)17-7-5-4-6-8-17/h4-11H,12-13H2,1-3H3,(H,23,29). The number of aromatic nitrogens is 5. The fourth-order valence-electron chi connectivity index (χ4n) is 3.19. The molecule has 1 amide bonds. The lowest BCUT2D eigenvalue weighted by Gasteiger charge is -2.08. The van der Waals surface area contributed by atoms with Gasteiger partial charge in [0.05, 0.1) is 17.9 Å². The second-order valence-corrected chi connectivity index (χ2v) is 8.28. The van der Waals surface area contributed by atoms with Crippen LogP contribution in [0.3, 0.4) is 0 Å². The Morgan fingerprint density at radius 2 is 1.84 bits per heavy atom. The van der Waals surface area contributed by atoms with Crippen LogP contribution in [0.5, 0.6) is 0 Å². The van der Waals surface area contributed by atoms with Gasteiger partial charge in [0, 0.05) is 22.2 Å². The van der Waals surface area contributed by atoms with E-state index in [2.05, 4.69) is 20.5 Å². The number of thiazole rings is 1. The maximum absolute atomic E-state index is 12.5. The number of carbonyl (C=O) groups excluding carboxylic acids is 1. The summed E-state index contributed by atoms with van der Waals surface area (Å²) in [5, 5.41) is 12.5. The number of nitrogens with zero attached hydrogens (tertiary/aromatic N) is 5. The van der Waals surface area contributed by atoms with E-state index in [1.165, 1.54) is 6.07 Å². The van der Waals surface area contributed by atoms with Crippen LogP contribution in [0.15, 0.2) is 53.3 Å². The van der Waals surface area contributed by atoms with E-state index >= 15 is 0 Å². The molecular formula is C22H22N6O2S. The van der Waals surface area contributed by atoms with Crippen molar-refractivity contribution in [2.45, 2.75) is 33.9 Å². The van der Waals surface area contributed by atoms with Gasteiger partial charge in [0.25, 0.3) is 5.56 Å². The van der Waals surface area contributed by atoms with E-state index in [1.807, 2.05) is 57.2 Å². The van der Waals surface area contributed by atoms with Crippen LogP contribution in [0.1, 0.15) is 22.0 Å². The average Bonchev–Trinajstić information content (AvgIpc) is 3.30. The van der Waals surface area contributed by atoms with Gasteiger partial charge in [-0.15, -0.1) is 16.4 Å². The summed E-state index contributed by atoms with van der Waals surface area (Å²) >= 11 is 1.55. The van der Waals surface area contributed by atoms with E-state index in [4.69, 9.17) is 0 Å². The minimum atomic E-state index is -0.347. The van der Waals surface area contributed by atoms with E-state index in [0.29, 0.717) is 12.4 Å². The van der Waals surface area contributed by atoms with Crippen LogP contribution in [0.4, 0.5) is 0 Å². The summed E-state index contributed by atoms with van der Waals surface area (Å²) in [5.41, 5.74) is 3.33. The Morgan fingerprint density at radius 3 is 2.55 bits per heavy atom. The molecule has 1 N–H and O–H groups in total. The molecule has 3 heterocycles.